The number of fused-ring (bicyclic) bond motifs is 1. The van der Waals surface area contributed by atoms with Crippen molar-refractivity contribution in [2.45, 2.75) is 52.4 Å². The van der Waals surface area contributed by atoms with Gasteiger partial charge in [-0.25, -0.2) is 4.79 Å². The predicted molar refractivity (Wildman–Crippen MR) is 140 cm³/mol. The number of urea groups is 1. The molecule has 0 saturated heterocycles. The van der Waals surface area contributed by atoms with E-state index in [0.717, 1.165) is 12.2 Å². The minimum Gasteiger partial charge on any atom is -0.491 e. The van der Waals surface area contributed by atoms with Crippen LogP contribution in [-0.4, -0.2) is 78.8 Å². The summed E-state index contributed by atoms with van der Waals surface area (Å²) in [6, 6.07) is 10.8. The van der Waals surface area contributed by atoms with Crippen molar-refractivity contribution in [3.8, 4) is 5.75 Å². The number of aromatic nitrogens is 1. The summed E-state index contributed by atoms with van der Waals surface area (Å²) in [5.41, 5.74) is 1.90. The van der Waals surface area contributed by atoms with Gasteiger partial charge in [-0.1, -0.05) is 13.0 Å². The van der Waals surface area contributed by atoms with E-state index in [1.54, 1.807) is 43.5 Å². The number of benzene rings is 1. The van der Waals surface area contributed by atoms with Crippen molar-refractivity contribution < 1.29 is 19.1 Å². The van der Waals surface area contributed by atoms with E-state index in [9.17, 15) is 9.59 Å². The van der Waals surface area contributed by atoms with Gasteiger partial charge < -0.3 is 25.0 Å². The summed E-state index contributed by atoms with van der Waals surface area (Å²) in [4.78, 5) is 34.2. The van der Waals surface area contributed by atoms with E-state index in [-0.39, 0.29) is 36.0 Å². The number of hydrogen-bond acceptors (Lipinski definition) is 6. The number of carbonyl (C=O) groups is 2. The summed E-state index contributed by atoms with van der Waals surface area (Å²) >= 11 is 0. The van der Waals surface area contributed by atoms with Crippen LogP contribution in [-0.2, 0) is 11.3 Å². The van der Waals surface area contributed by atoms with Crippen molar-refractivity contribution in [3.05, 3.63) is 53.9 Å². The van der Waals surface area contributed by atoms with Gasteiger partial charge in [0.1, 0.15) is 12.4 Å². The second-order valence-electron chi connectivity index (χ2n) is 9.81. The summed E-state index contributed by atoms with van der Waals surface area (Å²) in [6.07, 6.45) is 1.65. The quantitative estimate of drug-likeness (QED) is 0.655. The van der Waals surface area contributed by atoms with Crippen LogP contribution in [0.25, 0.3) is 0 Å². The highest BCUT2D eigenvalue weighted by Gasteiger charge is 2.28. The van der Waals surface area contributed by atoms with Crippen LogP contribution in [0.1, 0.15) is 43.7 Å². The summed E-state index contributed by atoms with van der Waals surface area (Å²) in [6.45, 7) is 10.3. The smallest absolute Gasteiger partial charge is 0.319 e. The zero-order chi connectivity index (χ0) is 26.2. The van der Waals surface area contributed by atoms with E-state index < -0.39 is 0 Å². The molecular weight excluding hydrogens is 458 g/mol. The maximum absolute atomic E-state index is 13.5. The Kier molecular flexibility index (Phi) is 9.66. The fourth-order valence-electron chi connectivity index (χ4n) is 4.28. The molecule has 196 valence electrons. The summed E-state index contributed by atoms with van der Waals surface area (Å²) in [7, 11) is 3.45. The van der Waals surface area contributed by atoms with E-state index in [1.165, 1.54) is 0 Å². The first-order chi connectivity index (χ1) is 17.2. The molecular formula is C27H39N5O4. The highest BCUT2D eigenvalue weighted by Crippen LogP contribution is 2.26. The number of rotatable bonds is 5. The number of methoxy groups -OCH3 is 1. The molecule has 0 spiro atoms. The topological polar surface area (TPSA) is 96.0 Å². The lowest BCUT2D eigenvalue weighted by atomic mass is 10.0. The molecule has 0 saturated carbocycles. The molecule has 0 radical (unpaired) electrons. The van der Waals surface area contributed by atoms with Crippen molar-refractivity contribution >= 4 is 17.6 Å². The Bertz CT molecular complexity index is 1020. The molecule has 9 nitrogen and oxygen atoms in total. The van der Waals surface area contributed by atoms with Gasteiger partial charge in [0.2, 0.25) is 0 Å². The first-order valence-electron chi connectivity index (χ1n) is 12.4. The number of amides is 3. The molecule has 2 N–H and O–H groups in total. The monoisotopic (exact) mass is 497 g/mol. The maximum atomic E-state index is 13.5. The van der Waals surface area contributed by atoms with E-state index in [2.05, 4.69) is 34.4 Å². The van der Waals surface area contributed by atoms with Crippen molar-refractivity contribution in [3.63, 3.8) is 0 Å². The van der Waals surface area contributed by atoms with E-state index in [4.69, 9.17) is 9.47 Å². The Morgan fingerprint density at radius 1 is 1.22 bits per heavy atom. The van der Waals surface area contributed by atoms with Gasteiger partial charge in [-0.3, -0.25) is 14.7 Å². The van der Waals surface area contributed by atoms with Gasteiger partial charge in [0.05, 0.1) is 17.4 Å². The predicted octanol–water partition coefficient (Wildman–Crippen LogP) is 3.62. The van der Waals surface area contributed by atoms with Gasteiger partial charge in [0, 0.05) is 57.8 Å². The lowest BCUT2D eigenvalue weighted by Crippen LogP contribution is -2.46. The summed E-state index contributed by atoms with van der Waals surface area (Å²) in [5.74, 6) is 0.447. The maximum Gasteiger partial charge on any atom is 0.319 e. The largest absolute Gasteiger partial charge is 0.491 e. The third kappa shape index (κ3) is 7.41. The number of likely N-dealkylation sites (N-methyl/N-ethyl adjacent to an activating group) is 1. The highest BCUT2D eigenvalue weighted by atomic mass is 16.5. The van der Waals surface area contributed by atoms with Gasteiger partial charge in [0.15, 0.2) is 0 Å². The molecule has 0 unspecified atom stereocenters. The van der Waals surface area contributed by atoms with Crippen LogP contribution in [0.4, 0.5) is 10.5 Å². The molecule has 36 heavy (non-hydrogen) atoms. The second-order valence-corrected chi connectivity index (χ2v) is 9.81. The summed E-state index contributed by atoms with van der Waals surface area (Å²) in [5, 5.41) is 5.59. The second kappa shape index (κ2) is 12.7. The van der Waals surface area contributed by atoms with E-state index in [0.29, 0.717) is 36.7 Å². The molecule has 2 heterocycles. The standard InChI is InChI=1S/C27H39N5O4/c1-18(2)29-27(34)30-21-10-11-24-23(13-21)26(33)31(5)16-25(35-6)19(3)14-32(20(4)17-36-24)15-22-9-7-8-12-28-22/h7-13,18-20,25H,14-17H2,1-6H3,(H2,29,30,34)/t19-,20+,25-/m0/s1. The van der Waals surface area contributed by atoms with Crippen LogP contribution < -0.4 is 15.4 Å². The molecule has 0 aliphatic carbocycles. The van der Waals surface area contributed by atoms with Crippen LogP contribution >= 0.6 is 0 Å². The van der Waals surface area contributed by atoms with E-state index in [1.807, 2.05) is 32.0 Å². The van der Waals surface area contributed by atoms with Crippen LogP contribution in [0.15, 0.2) is 42.6 Å². The molecule has 3 rings (SSSR count). The number of nitrogens with one attached hydrogen (secondary N) is 2. The Balaban J connectivity index is 1.91. The molecule has 1 aliphatic heterocycles. The third-order valence-electron chi connectivity index (χ3n) is 6.34. The molecule has 1 aliphatic rings. The number of ether oxygens (including phenoxy) is 2. The Hall–Kier alpha value is -3.17. The first-order valence-corrected chi connectivity index (χ1v) is 12.4. The van der Waals surface area contributed by atoms with Crippen LogP contribution in [0.5, 0.6) is 5.75 Å². The lowest BCUT2D eigenvalue weighted by molar-refractivity contribution is 0.00901. The number of carbonyl (C=O) groups excluding carboxylic acids is 2. The zero-order valence-corrected chi connectivity index (χ0v) is 22.2. The molecule has 3 amide bonds. The lowest BCUT2D eigenvalue weighted by Gasteiger charge is -2.35. The van der Waals surface area contributed by atoms with Gasteiger partial charge in [-0.2, -0.15) is 0 Å². The van der Waals surface area contributed by atoms with Gasteiger partial charge in [-0.05, 0) is 57.0 Å². The zero-order valence-electron chi connectivity index (χ0n) is 22.2. The molecule has 9 heteroatoms. The van der Waals surface area contributed by atoms with Crippen molar-refractivity contribution in [1.82, 2.24) is 20.1 Å². The molecule has 1 aromatic heterocycles. The normalized spacial score (nSPS) is 21.7. The molecule has 3 atom stereocenters. The Labute approximate surface area is 214 Å². The minimum atomic E-state index is -0.327. The Morgan fingerprint density at radius 3 is 2.67 bits per heavy atom. The van der Waals surface area contributed by atoms with Crippen molar-refractivity contribution in [1.29, 1.82) is 0 Å². The number of hydrogen-bond donors (Lipinski definition) is 2. The fourth-order valence-corrected chi connectivity index (χ4v) is 4.28. The molecule has 2 aromatic rings. The average Bonchev–Trinajstić information content (AvgIpc) is 2.84. The number of pyridine rings is 1. The van der Waals surface area contributed by atoms with Gasteiger partial charge in [0.25, 0.3) is 5.91 Å². The van der Waals surface area contributed by atoms with Gasteiger partial charge in [-0.15, -0.1) is 0 Å². The molecule has 0 bridgehead atoms. The Morgan fingerprint density at radius 2 is 2.00 bits per heavy atom. The minimum absolute atomic E-state index is 0.00567. The summed E-state index contributed by atoms with van der Waals surface area (Å²) < 4.78 is 12.0. The SMILES string of the molecule is CO[C@H]1CN(C)C(=O)c2cc(NC(=O)NC(C)C)ccc2OC[C@@H](C)N(Cc2ccccn2)C[C@@H]1C. The van der Waals surface area contributed by atoms with Crippen LogP contribution in [0.3, 0.4) is 0 Å². The van der Waals surface area contributed by atoms with Gasteiger partial charge >= 0.3 is 6.03 Å². The number of nitrogens with zero attached hydrogens (tertiary/aromatic N) is 3. The van der Waals surface area contributed by atoms with Crippen molar-refractivity contribution in [2.75, 3.05) is 39.2 Å². The third-order valence-corrected chi connectivity index (χ3v) is 6.34. The van der Waals surface area contributed by atoms with E-state index >= 15 is 0 Å². The average molecular weight is 498 g/mol. The van der Waals surface area contributed by atoms with Crippen LogP contribution in [0.2, 0.25) is 0 Å². The fraction of sp³-hybridized carbons (Fsp3) is 0.519. The van der Waals surface area contributed by atoms with Crippen molar-refractivity contribution in [2.24, 2.45) is 5.92 Å². The highest BCUT2D eigenvalue weighted by molar-refractivity contribution is 5.99. The van der Waals surface area contributed by atoms with Crippen LogP contribution in [0, 0.1) is 5.92 Å². The number of anilines is 1. The first kappa shape index (κ1) is 27.4. The molecule has 1 aromatic carbocycles. The molecule has 0 fully saturated rings.